The molecule has 0 spiro atoms. The fourth-order valence-electron chi connectivity index (χ4n) is 1.82. The Morgan fingerprint density at radius 1 is 1.50 bits per heavy atom. The van der Waals surface area contributed by atoms with E-state index in [-0.39, 0.29) is 0 Å². The van der Waals surface area contributed by atoms with Crippen molar-refractivity contribution in [3.05, 3.63) is 29.6 Å². The molecule has 1 saturated heterocycles. The van der Waals surface area contributed by atoms with Crippen LogP contribution in [0.15, 0.2) is 18.3 Å². The van der Waals surface area contributed by atoms with Gasteiger partial charge < -0.3 is 5.73 Å². The molecule has 0 aromatic carbocycles. The van der Waals surface area contributed by atoms with Crippen molar-refractivity contribution in [2.75, 3.05) is 19.6 Å². The SMILES string of the molecule is Cc1ccc(C(CN)N2CCC2)cn1. The maximum atomic E-state index is 5.78. The Bertz CT molecular complexity index is 290. The van der Waals surface area contributed by atoms with Gasteiger partial charge in [-0.15, -0.1) is 0 Å². The van der Waals surface area contributed by atoms with E-state index in [1.165, 1.54) is 25.1 Å². The molecule has 1 aromatic rings. The number of aromatic nitrogens is 1. The van der Waals surface area contributed by atoms with Crippen molar-refractivity contribution in [2.24, 2.45) is 5.73 Å². The van der Waals surface area contributed by atoms with Gasteiger partial charge in [-0.25, -0.2) is 0 Å². The summed E-state index contributed by atoms with van der Waals surface area (Å²) in [7, 11) is 0. The van der Waals surface area contributed by atoms with Gasteiger partial charge in [0.25, 0.3) is 0 Å². The molecule has 1 fully saturated rings. The Morgan fingerprint density at radius 2 is 2.29 bits per heavy atom. The first kappa shape index (κ1) is 9.62. The molecule has 0 aliphatic carbocycles. The lowest BCUT2D eigenvalue weighted by molar-refractivity contribution is 0.122. The van der Waals surface area contributed by atoms with Gasteiger partial charge in [0, 0.05) is 37.6 Å². The first-order valence-electron chi connectivity index (χ1n) is 5.18. The van der Waals surface area contributed by atoms with Gasteiger partial charge >= 0.3 is 0 Å². The molecule has 0 radical (unpaired) electrons. The van der Waals surface area contributed by atoms with Crippen LogP contribution in [0.5, 0.6) is 0 Å². The molecule has 1 aromatic heterocycles. The number of nitrogens with two attached hydrogens (primary N) is 1. The van der Waals surface area contributed by atoms with E-state index in [1.54, 1.807) is 0 Å². The molecule has 3 heteroatoms. The molecule has 3 nitrogen and oxygen atoms in total. The summed E-state index contributed by atoms with van der Waals surface area (Å²) >= 11 is 0. The van der Waals surface area contributed by atoms with Gasteiger partial charge in [-0.1, -0.05) is 6.07 Å². The zero-order valence-electron chi connectivity index (χ0n) is 8.61. The highest BCUT2D eigenvalue weighted by molar-refractivity contribution is 5.18. The predicted molar refractivity (Wildman–Crippen MR) is 57.0 cm³/mol. The van der Waals surface area contributed by atoms with E-state index in [9.17, 15) is 0 Å². The third-order valence-corrected chi connectivity index (χ3v) is 2.87. The van der Waals surface area contributed by atoms with Gasteiger partial charge in [0.05, 0.1) is 0 Å². The molecule has 2 heterocycles. The maximum Gasteiger partial charge on any atom is 0.0485 e. The number of rotatable bonds is 3. The minimum absolute atomic E-state index is 0.372. The molecule has 1 atom stereocenters. The topological polar surface area (TPSA) is 42.1 Å². The van der Waals surface area contributed by atoms with Crippen LogP contribution in [0, 0.1) is 6.92 Å². The van der Waals surface area contributed by atoms with Crippen molar-refractivity contribution in [1.82, 2.24) is 9.88 Å². The number of hydrogen-bond donors (Lipinski definition) is 1. The Morgan fingerprint density at radius 3 is 2.71 bits per heavy atom. The zero-order chi connectivity index (χ0) is 9.97. The standard InChI is InChI=1S/C11H17N3/c1-9-3-4-10(8-13-9)11(7-12)14-5-2-6-14/h3-4,8,11H,2,5-7,12H2,1H3. The lowest BCUT2D eigenvalue weighted by Crippen LogP contribution is -2.43. The highest BCUT2D eigenvalue weighted by Crippen LogP contribution is 2.23. The number of nitrogens with zero attached hydrogens (tertiary/aromatic N) is 2. The average Bonchev–Trinajstić information content (AvgIpc) is 2.13. The van der Waals surface area contributed by atoms with E-state index >= 15 is 0 Å². The van der Waals surface area contributed by atoms with Crippen LogP contribution in [0.1, 0.15) is 23.7 Å². The van der Waals surface area contributed by atoms with Gasteiger partial charge in [0.1, 0.15) is 0 Å². The van der Waals surface area contributed by atoms with Crippen molar-refractivity contribution >= 4 is 0 Å². The maximum absolute atomic E-state index is 5.78. The zero-order valence-corrected chi connectivity index (χ0v) is 8.61. The summed E-state index contributed by atoms with van der Waals surface area (Å²) in [4.78, 5) is 6.72. The molecule has 0 saturated carbocycles. The number of aryl methyl sites for hydroxylation is 1. The first-order valence-corrected chi connectivity index (χ1v) is 5.18. The third-order valence-electron chi connectivity index (χ3n) is 2.87. The lowest BCUT2D eigenvalue weighted by Gasteiger charge is -2.37. The van der Waals surface area contributed by atoms with Crippen molar-refractivity contribution in [2.45, 2.75) is 19.4 Å². The van der Waals surface area contributed by atoms with Gasteiger partial charge in [-0.05, 0) is 25.0 Å². The normalized spacial score (nSPS) is 19.0. The van der Waals surface area contributed by atoms with Crippen molar-refractivity contribution in [3.8, 4) is 0 Å². The quantitative estimate of drug-likeness (QED) is 0.777. The second kappa shape index (κ2) is 4.07. The predicted octanol–water partition coefficient (Wildman–Crippen LogP) is 1.10. The summed E-state index contributed by atoms with van der Waals surface area (Å²) in [6.45, 7) is 5.04. The van der Waals surface area contributed by atoms with Crippen LogP contribution in [-0.4, -0.2) is 29.5 Å². The van der Waals surface area contributed by atoms with Gasteiger partial charge in [-0.3, -0.25) is 9.88 Å². The Labute approximate surface area is 84.9 Å². The summed E-state index contributed by atoms with van der Waals surface area (Å²) in [5.74, 6) is 0. The van der Waals surface area contributed by atoms with Gasteiger partial charge in [0.2, 0.25) is 0 Å². The van der Waals surface area contributed by atoms with Crippen LogP contribution in [0.2, 0.25) is 0 Å². The van der Waals surface area contributed by atoms with Crippen molar-refractivity contribution in [1.29, 1.82) is 0 Å². The smallest absolute Gasteiger partial charge is 0.0485 e. The minimum Gasteiger partial charge on any atom is -0.329 e. The largest absolute Gasteiger partial charge is 0.329 e. The van der Waals surface area contributed by atoms with Crippen molar-refractivity contribution < 1.29 is 0 Å². The lowest BCUT2D eigenvalue weighted by atomic mass is 10.0. The fourth-order valence-corrected chi connectivity index (χ4v) is 1.82. The second-order valence-electron chi connectivity index (χ2n) is 3.87. The monoisotopic (exact) mass is 191 g/mol. The average molecular weight is 191 g/mol. The molecule has 14 heavy (non-hydrogen) atoms. The molecule has 0 amide bonds. The Kier molecular flexibility index (Phi) is 2.79. The molecule has 1 aliphatic heterocycles. The molecule has 2 rings (SSSR count). The van der Waals surface area contributed by atoms with E-state index in [4.69, 9.17) is 5.73 Å². The summed E-state index contributed by atoms with van der Waals surface area (Å²) in [6, 6.07) is 4.56. The summed E-state index contributed by atoms with van der Waals surface area (Å²) < 4.78 is 0. The second-order valence-corrected chi connectivity index (χ2v) is 3.87. The molecule has 2 N–H and O–H groups in total. The molecule has 1 aliphatic rings. The summed E-state index contributed by atoms with van der Waals surface area (Å²) in [6.07, 6.45) is 3.25. The van der Waals surface area contributed by atoms with Crippen LogP contribution >= 0.6 is 0 Å². The molecular weight excluding hydrogens is 174 g/mol. The van der Waals surface area contributed by atoms with Gasteiger partial charge in [0.15, 0.2) is 0 Å². The highest BCUT2D eigenvalue weighted by Gasteiger charge is 2.23. The highest BCUT2D eigenvalue weighted by atomic mass is 15.2. The van der Waals surface area contributed by atoms with Crippen molar-refractivity contribution in [3.63, 3.8) is 0 Å². The van der Waals surface area contributed by atoms with E-state index < -0.39 is 0 Å². The molecule has 0 bridgehead atoms. The summed E-state index contributed by atoms with van der Waals surface area (Å²) in [5.41, 5.74) is 8.09. The number of hydrogen-bond acceptors (Lipinski definition) is 3. The van der Waals surface area contributed by atoms with E-state index in [1.807, 2.05) is 13.1 Å². The van der Waals surface area contributed by atoms with Crippen LogP contribution in [-0.2, 0) is 0 Å². The minimum atomic E-state index is 0.372. The number of pyridine rings is 1. The summed E-state index contributed by atoms with van der Waals surface area (Å²) in [5, 5.41) is 0. The van der Waals surface area contributed by atoms with Crippen LogP contribution in [0.25, 0.3) is 0 Å². The van der Waals surface area contributed by atoms with E-state index in [0.717, 1.165) is 5.69 Å². The first-order chi connectivity index (χ1) is 6.81. The van der Waals surface area contributed by atoms with Crippen LogP contribution in [0.4, 0.5) is 0 Å². The van der Waals surface area contributed by atoms with Gasteiger partial charge in [-0.2, -0.15) is 0 Å². The Balaban J connectivity index is 2.14. The van der Waals surface area contributed by atoms with Crippen LogP contribution in [0.3, 0.4) is 0 Å². The number of likely N-dealkylation sites (tertiary alicyclic amines) is 1. The van der Waals surface area contributed by atoms with Crippen LogP contribution < -0.4 is 5.73 Å². The fraction of sp³-hybridized carbons (Fsp3) is 0.545. The van der Waals surface area contributed by atoms with E-state index in [0.29, 0.717) is 12.6 Å². The van der Waals surface area contributed by atoms with E-state index in [2.05, 4.69) is 22.0 Å². The molecule has 1 unspecified atom stereocenters. The molecular formula is C11H17N3. The molecule has 76 valence electrons. The Hall–Kier alpha value is -0.930. The third kappa shape index (κ3) is 1.79.